The Morgan fingerprint density at radius 3 is 1.61 bits per heavy atom. The molecule has 69 heavy (non-hydrogen) atoms. The van der Waals surface area contributed by atoms with Gasteiger partial charge in [-0.3, -0.25) is 0 Å². The second-order valence-corrected chi connectivity index (χ2v) is 17.6. The highest BCUT2D eigenvalue weighted by Crippen LogP contribution is 2.43. The third-order valence-electron chi connectivity index (χ3n) is 13.4. The van der Waals surface area contributed by atoms with Gasteiger partial charge in [0.1, 0.15) is 22.3 Å². The topological polar surface area (TPSA) is 69.9 Å². The van der Waals surface area contributed by atoms with Gasteiger partial charge in [0.25, 0.3) is 0 Å². The monoisotopic (exact) mass is 882 g/mol. The maximum Gasteiger partial charge on any atom is 0.164 e. The van der Waals surface area contributed by atoms with Crippen LogP contribution in [-0.2, 0) is 0 Å². The minimum absolute atomic E-state index is 0.593. The summed E-state index contributed by atoms with van der Waals surface area (Å²) >= 11 is 0. The highest BCUT2D eigenvalue weighted by molar-refractivity contribution is 6.13. The van der Waals surface area contributed by atoms with E-state index in [-0.39, 0.29) is 0 Å². The summed E-state index contributed by atoms with van der Waals surface area (Å²) < 4.78 is 15.8. The zero-order valence-electron chi connectivity index (χ0n) is 37.0. The van der Waals surface area contributed by atoms with Crippen molar-refractivity contribution in [1.82, 2.24) is 19.5 Å². The average Bonchev–Trinajstić information content (AvgIpc) is 4.10. The number of benzene rings is 10. The Labute approximate surface area is 396 Å². The number of rotatable bonds is 7. The van der Waals surface area contributed by atoms with E-state index < -0.39 is 0 Å². The molecule has 322 valence electrons. The SMILES string of the molecule is c1ccc(-c2ccc3c(c2)c2ccccc2n3-c2ccc3oc4cc(-c5cc(-c6cccc(-c7nc(-c8ccccc8)nc(-c8ccccc8)n7)c6)c6oc7ccccc7c6c5)ccc4c3c2)cc1. The van der Waals surface area contributed by atoms with Crippen molar-refractivity contribution >= 4 is 65.7 Å². The van der Waals surface area contributed by atoms with Gasteiger partial charge >= 0.3 is 0 Å². The van der Waals surface area contributed by atoms with Gasteiger partial charge in [-0.15, -0.1) is 0 Å². The maximum atomic E-state index is 6.70. The highest BCUT2D eigenvalue weighted by atomic mass is 16.3. The Morgan fingerprint density at radius 1 is 0.275 bits per heavy atom. The van der Waals surface area contributed by atoms with E-state index in [1.165, 1.54) is 21.9 Å². The zero-order valence-corrected chi connectivity index (χ0v) is 37.0. The Kier molecular flexibility index (Phi) is 8.79. The van der Waals surface area contributed by atoms with Crippen LogP contribution in [0.25, 0.3) is 139 Å². The molecule has 14 aromatic rings. The number of nitrogens with zero attached hydrogens (tertiary/aromatic N) is 4. The lowest BCUT2D eigenvalue weighted by atomic mass is 9.94. The van der Waals surface area contributed by atoms with E-state index in [0.717, 1.165) is 99.5 Å². The standard InChI is InChI=1S/C63H38N4O2/c1-4-15-39(16-5-1)42-28-31-56-52(34-42)48-23-10-12-25-55(48)67(56)47-29-32-58-53(38-47)50-30-27-43(37-59(50)68-58)46-35-51(60-54(36-46)49-24-11-13-26-57(49)69-60)44-21-14-22-45(33-44)63-65-61(40-17-6-2-7-18-40)64-62(66-63)41-19-8-3-9-20-41/h1-38H. The van der Waals surface area contributed by atoms with E-state index in [9.17, 15) is 0 Å². The van der Waals surface area contributed by atoms with Crippen molar-refractivity contribution in [3.05, 3.63) is 231 Å². The van der Waals surface area contributed by atoms with Crippen molar-refractivity contribution < 1.29 is 8.83 Å². The quantitative estimate of drug-likeness (QED) is 0.159. The molecule has 0 atom stereocenters. The van der Waals surface area contributed by atoms with Gasteiger partial charge in [-0.1, -0.05) is 158 Å². The molecule has 0 spiro atoms. The van der Waals surface area contributed by atoms with Crippen LogP contribution in [0.5, 0.6) is 0 Å². The molecule has 0 aliphatic rings. The molecule has 0 saturated heterocycles. The zero-order chi connectivity index (χ0) is 45.4. The lowest BCUT2D eigenvalue weighted by Crippen LogP contribution is -2.00. The van der Waals surface area contributed by atoms with E-state index >= 15 is 0 Å². The molecular weight excluding hydrogens is 845 g/mol. The molecule has 0 radical (unpaired) electrons. The molecule has 0 aliphatic heterocycles. The highest BCUT2D eigenvalue weighted by Gasteiger charge is 2.20. The summed E-state index contributed by atoms with van der Waals surface area (Å²) in [7, 11) is 0. The molecular formula is C63H38N4O2. The number of furan rings is 2. The Balaban J connectivity index is 0.889. The van der Waals surface area contributed by atoms with Crippen molar-refractivity contribution in [1.29, 1.82) is 0 Å². The third kappa shape index (κ3) is 6.53. The van der Waals surface area contributed by atoms with Crippen LogP contribution in [0.4, 0.5) is 0 Å². The number of fused-ring (bicyclic) bond motifs is 9. The van der Waals surface area contributed by atoms with Crippen LogP contribution in [0.3, 0.4) is 0 Å². The lowest BCUT2D eigenvalue weighted by Gasteiger charge is -2.11. The summed E-state index contributed by atoms with van der Waals surface area (Å²) in [6.45, 7) is 0. The van der Waals surface area contributed by atoms with Crippen molar-refractivity contribution in [2.45, 2.75) is 0 Å². The smallest absolute Gasteiger partial charge is 0.164 e. The van der Waals surface area contributed by atoms with Crippen molar-refractivity contribution in [2.75, 3.05) is 0 Å². The summed E-state index contributed by atoms with van der Waals surface area (Å²) in [5, 5.41) is 6.68. The van der Waals surface area contributed by atoms with Crippen molar-refractivity contribution in [2.24, 2.45) is 0 Å². The largest absolute Gasteiger partial charge is 0.456 e. The first-order valence-electron chi connectivity index (χ1n) is 23.2. The molecule has 4 aromatic heterocycles. The predicted octanol–water partition coefficient (Wildman–Crippen LogP) is 16.8. The van der Waals surface area contributed by atoms with Crippen LogP contribution in [0, 0.1) is 0 Å². The molecule has 0 fully saturated rings. The molecule has 0 N–H and O–H groups in total. The first kappa shape index (κ1) is 38.8. The van der Waals surface area contributed by atoms with Crippen molar-refractivity contribution in [3.63, 3.8) is 0 Å². The van der Waals surface area contributed by atoms with Gasteiger partial charge in [0, 0.05) is 60.3 Å². The summed E-state index contributed by atoms with van der Waals surface area (Å²) in [6, 6.07) is 80.5. The van der Waals surface area contributed by atoms with E-state index in [2.05, 4.69) is 162 Å². The first-order valence-corrected chi connectivity index (χ1v) is 23.2. The number of para-hydroxylation sites is 2. The van der Waals surface area contributed by atoms with E-state index in [4.69, 9.17) is 23.8 Å². The van der Waals surface area contributed by atoms with Crippen LogP contribution in [0.2, 0.25) is 0 Å². The third-order valence-corrected chi connectivity index (χ3v) is 13.4. The minimum atomic E-state index is 0.593. The molecule has 0 saturated carbocycles. The van der Waals surface area contributed by atoms with Crippen LogP contribution in [0.15, 0.2) is 239 Å². The van der Waals surface area contributed by atoms with Crippen LogP contribution in [0.1, 0.15) is 0 Å². The minimum Gasteiger partial charge on any atom is -0.456 e. The van der Waals surface area contributed by atoms with Crippen molar-refractivity contribution in [3.8, 4) is 73.2 Å². The summed E-state index contributed by atoms with van der Waals surface area (Å²) in [4.78, 5) is 15.0. The maximum absolute atomic E-state index is 6.70. The van der Waals surface area contributed by atoms with Gasteiger partial charge in [-0.25, -0.2) is 15.0 Å². The van der Waals surface area contributed by atoms with E-state index in [0.29, 0.717) is 17.5 Å². The van der Waals surface area contributed by atoms with Gasteiger partial charge in [0.2, 0.25) is 0 Å². The molecule has 0 aliphatic carbocycles. The molecule has 0 amide bonds. The summed E-state index contributed by atoms with van der Waals surface area (Å²) in [5.74, 6) is 1.83. The molecule has 0 unspecified atom stereocenters. The van der Waals surface area contributed by atoms with Crippen LogP contribution >= 0.6 is 0 Å². The van der Waals surface area contributed by atoms with E-state index in [1.54, 1.807) is 0 Å². The average molecular weight is 883 g/mol. The molecule has 6 heteroatoms. The normalized spacial score (nSPS) is 11.8. The fraction of sp³-hybridized carbons (Fsp3) is 0. The van der Waals surface area contributed by atoms with E-state index in [1.807, 2.05) is 72.8 Å². The molecule has 6 nitrogen and oxygen atoms in total. The summed E-state index contributed by atoms with van der Waals surface area (Å²) in [6.07, 6.45) is 0. The fourth-order valence-corrected chi connectivity index (χ4v) is 10.1. The van der Waals surface area contributed by atoms with Gasteiger partial charge < -0.3 is 13.4 Å². The Hall–Kier alpha value is -9.39. The van der Waals surface area contributed by atoms with Gasteiger partial charge in [-0.2, -0.15) is 0 Å². The van der Waals surface area contributed by atoms with Gasteiger partial charge in [0.05, 0.1) is 11.0 Å². The second kappa shape index (κ2) is 15.6. The Bertz CT molecular complexity index is 4250. The molecule has 0 bridgehead atoms. The van der Waals surface area contributed by atoms with Crippen LogP contribution in [-0.4, -0.2) is 19.5 Å². The molecule has 4 heterocycles. The first-order chi connectivity index (χ1) is 34.2. The predicted molar refractivity (Wildman–Crippen MR) is 281 cm³/mol. The lowest BCUT2D eigenvalue weighted by molar-refractivity contribution is 0.669. The fourth-order valence-electron chi connectivity index (χ4n) is 10.1. The van der Waals surface area contributed by atoms with Crippen LogP contribution < -0.4 is 0 Å². The van der Waals surface area contributed by atoms with Gasteiger partial charge in [0.15, 0.2) is 17.5 Å². The van der Waals surface area contributed by atoms with Gasteiger partial charge in [-0.05, 0) is 101 Å². The Morgan fingerprint density at radius 2 is 0.841 bits per heavy atom. The number of hydrogen-bond donors (Lipinski definition) is 0. The summed E-state index contributed by atoms with van der Waals surface area (Å²) in [5.41, 5.74) is 15.9. The molecule has 10 aromatic carbocycles. The molecule has 14 rings (SSSR count). The number of hydrogen-bond acceptors (Lipinski definition) is 5. The second-order valence-electron chi connectivity index (χ2n) is 17.6. The number of aromatic nitrogens is 4.